The van der Waals surface area contributed by atoms with E-state index < -0.39 is 5.82 Å². The molecular formula is C14H18FN3O. The Morgan fingerprint density at radius 1 is 1.37 bits per heavy atom. The van der Waals surface area contributed by atoms with Gasteiger partial charge in [0.25, 0.3) is 5.91 Å². The summed E-state index contributed by atoms with van der Waals surface area (Å²) in [5, 5.41) is 2.97. The van der Waals surface area contributed by atoms with Gasteiger partial charge in [0.2, 0.25) is 0 Å². The fourth-order valence-corrected chi connectivity index (χ4v) is 2.61. The minimum Gasteiger partial charge on any atom is -0.396 e. The van der Waals surface area contributed by atoms with Crippen molar-refractivity contribution in [1.82, 2.24) is 10.2 Å². The number of benzene rings is 1. The van der Waals surface area contributed by atoms with Gasteiger partial charge >= 0.3 is 0 Å². The number of halogens is 1. The standard InChI is InChI=1S/C14H18FN3O/c15-12-7-9(1-4-13(12)16)14(19)17-10-5-6-18(8-10)11-2-3-11/h1,4,7,10-11H,2-3,5-6,8,16H2,(H,17,19). The number of carbonyl (C=O) groups excluding carboxylic acids is 1. The number of nitrogens with zero attached hydrogens (tertiary/aromatic N) is 1. The number of nitrogen functional groups attached to an aromatic ring is 1. The van der Waals surface area contributed by atoms with Crippen molar-refractivity contribution in [2.45, 2.75) is 31.3 Å². The van der Waals surface area contributed by atoms with Gasteiger partial charge in [-0.25, -0.2) is 4.39 Å². The average Bonchev–Trinajstić information content (AvgIpc) is 3.14. The van der Waals surface area contributed by atoms with Gasteiger partial charge in [0.1, 0.15) is 5.82 Å². The summed E-state index contributed by atoms with van der Waals surface area (Å²) in [6.45, 7) is 1.96. The highest BCUT2D eigenvalue weighted by atomic mass is 19.1. The lowest BCUT2D eigenvalue weighted by molar-refractivity contribution is 0.0937. The number of anilines is 1. The maximum atomic E-state index is 13.3. The smallest absolute Gasteiger partial charge is 0.251 e. The molecule has 1 atom stereocenters. The SMILES string of the molecule is Nc1ccc(C(=O)NC2CCN(C3CC3)C2)cc1F. The van der Waals surface area contributed by atoms with Crippen LogP contribution in [-0.4, -0.2) is 36.0 Å². The number of nitrogens with one attached hydrogen (secondary N) is 1. The summed E-state index contributed by atoms with van der Waals surface area (Å²) >= 11 is 0. The van der Waals surface area contributed by atoms with Crippen molar-refractivity contribution >= 4 is 11.6 Å². The number of hydrogen-bond acceptors (Lipinski definition) is 3. The molecule has 1 aliphatic heterocycles. The van der Waals surface area contributed by atoms with E-state index in [0.29, 0.717) is 5.56 Å². The van der Waals surface area contributed by atoms with E-state index in [4.69, 9.17) is 5.73 Å². The number of hydrogen-bond donors (Lipinski definition) is 2. The van der Waals surface area contributed by atoms with Crippen LogP contribution in [0.15, 0.2) is 18.2 Å². The van der Waals surface area contributed by atoms with Crippen LogP contribution in [0.3, 0.4) is 0 Å². The summed E-state index contributed by atoms with van der Waals surface area (Å²) in [6, 6.07) is 5.08. The van der Waals surface area contributed by atoms with Crippen LogP contribution in [0.5, 0.6) is 0 Å². The highest BCUT2D eigenvalue weighted by Crippen LogP contribution is 2.29. The second kappa shape index (κ2) is 4.81. The molecule has 0 bridgehead atoms. The largest absolute Gasteiger partial charge is 0.396 e. The third-order valence-corrected chi connectivity index (χ3v) is 3.88. The summed E-state index contributed by atoms with van der Waals surface area (Å²) in [4.78, 5) is 14.4. The lowest BCUT2D eigenvalue weighted by atomic mass is 10.1. The number of amides is 1. The van der Waals surface area contributed by atoms with E-state index in [9.17, 15) is 9.18 Å². The van der Waals surface area contributed by atoms with E-state index in [1.807, 2.05) is 0 Å². The van der Waals surface area contributed by atoms with Crippen molar-refractivity contribution in [2.75, 3.05) is 18.8 Å². The van der Waals surface area contributed by atoms with Gasteiger partial charge in [-0.15, -0.1) is 0 Å². The summed E-state index contributed by atoms with van der Waals surface area (Å²) in [6.07, 6.45) is 3.54. The molecule has 5 heteroatoms. The molecule has 2 fully saturated rings. The molecule has 0 spiro atoms. The van der Waals surface area contributed by atoms with E-state index in [-0.39, 0.29) is 17.6 Å². The van der Waals surface area contributed by atoms with E-state index in [1.54, 1.807) is 6.07 Å². The molecule has 1 saturated heterocycles. The van der Waals surface area contributed by atoms with Gasteiger partial charge in [0.05, 0.1) is 5.69 Å². The first-order valence-electron chi connectivity index (χ1n) is 6.73. The Morgan fingerprint density at radius 2 is 2.16 bits per heavy atom. The van der Waals surface area contributed by atoms with E-state index in [2.05, 4.69) is 10.2 Å². The van der Waals surface area contributed by atoms with Gasteiger partial charge in [0, 0.05) is 30.7 Å². The second-order valence-electron chi connectivity index (χ2n) is 5.42. The molecule has 102 valence electrons. The Hall–Kier alpha value is -1.62. The van der Waals surface area contributed by atoms with E-state index in [1.165, 1.54) is 25.0 Å². The highest BCUT2D eigenvalue weighted by molar-refractivity contribution is 5.94. The third-order valence-electron chi connectivity index (χ3n) is 3.88. The van der Waals surface area contributed by atoms with Gasteiger partial charge in [-0.1, -0.05) is 0 Å². The van der Waals surface area contributed by atoms with Crippen LogP contribution in [0.1, 0.15) is 29.6 Å². The number of rotatable bonds is 3. The quantitative estimate of drug-likeness (QED) is 0.810. The molecule has 3 rings (SSSR count). The van der Waals surface area contributed by atoms with Crippen LogP contribution in [-0.2, 0) is 0 Å². The molecule has 1 amide bonds. The van der Waals surface area contributed by atoms with Crippen molar-refractivity contribution < 1.29 is 9.18 Å². The number of carbonyl (C=O) groups is 1. The van der Waals surface area contributed by atoms with Gasteiger partial charge in [-0.05, 0) is 37.5 Å². The number of nitrogens with two attached hydrogens (primary N) is 1. The average molecular weight is 263 g/mol. The molecule has 1 saturated carbocycles. The normalized spacial score (nSPS) is 23.5. The van der Waals surface area contributed by atoms with Crippen LogP contribution in [0, 0.1) is 5.82 Å². The first kappa shape index (κ1) is 12.4. The van der Waals surface area contributed by atoms with Gasteiger partial charge in [0.15, 0.2) is 0 Å². The first-order valence-corrected chi connectivity index (χ1v) is 6.73. The van der Waals surface area contributed by atoms with Crippen LogP contribution < -0.4 is 11.1 Å². The minimum absolute atomic E-state index is 0.0670. The predicted molar refractivity (Wildman–Crippen MR) is 71.3 cm³/mol. The van der Waals surface area contributed by atoms with Crippen molar-refractivity contribution in [1.29, 1.82) is 0 Å². The summed E-state index contributed by atoms with van der Waals surface area (Å²) in [7, 11) is 0. The van der Waals surface area contributed by atoms with Crippen molar-refractivity contribution in [2.24, 2.45) is 0 Å². The molecule has 1 unspecified atom stereocenters. The molecule has 4 nitrogen and oxygen atoms in total. The topological polar surface area (TPSA) is 58.4 Å². The molecule has 1 aliphatic carbocycles. The molecule has 0 aromatic heterocycles. The van der Waals surface area contributed by atoms with Gasteiger partial charge in [-0.2, -0.15) is 0 Å². The van der Waals surface area contributed by atoms with Gasteiger partial charge in [-0.3, -0.25) is 9.69 Å². The second-order valence-corrected chi connectivity index (χ2v) is 5.42. The summed E-state index contributed by atoms with van der Waals surface area (Å²) in [5.74, 6) is -0.764. The third kappa shape index (κ3) is 2.71. The fourth-order valence-electron chi connectivity index (χ4n) is 2.61. The van der Waals surface area contributed by atoms with Crippen LogP contribution >= 0.6 is 0 Å². The van der Waals surface area contributed by atoms with Crippen LogP contribution in [0.2, 0.25) is 0 Å². The summed E-state index contributed by atoms with van der Waals surface area (Å²) < 4.78 is 13.3. The summed E-state index contributed by atoms with van der Waals surface area (Å²) in [5.41, 5.74) is 5.79. The van der Waals surface area contributed by atoms with E-state index >= 15 is 0 Å². The molecule has 1 aromatic carbocycles. The minimum atomic E-state index is -0.543. The molecule has 1 aromatic rings. The fraction of sp³-hybridized carbons (Fsp3) is 0.500. The zero-order valence-electron chi connectivity index (χ0n) is 10.7. The van der Waals surface area contributed by atoms with E-state index in [0.717, 1.165) is 25.6 Å². The molecule has 2 aliphatic rings. The zero-order valence-corrected chi connectivity index (χ0v) is 10.7. The zero-order chi connectivity index (χ0) is 13.4. The molecule has 3 N–H and O–H groups in total. The lowest BCUT2D eigenvalue weighted by Crippen LogP contribution is -2.37. The van der Waals surface area contributed by atoms with Crippen molar-refractivity contribution in [3.8, 4) is 0 Å². The van der Waals surface area contributed by atoms with Crippen LogP contribution in [0.25, 0.3) is 0 Å². The predicted octanol–water partition coefficient (Wildman–Crippen LogP) is 1.37. The maximum Gasteiger partial charge on any atom is 0.251 e. The Bertz CT molecular complexity index is 501. The Balaban J connectivity index is 1.60. The van der Waals surface area contributed by atoms with Crippen molar-refractivity contribution in [3.05, 3.63) is 29.6 Å². The molecule has 19 heavy (non-hydrogen) atoms. The molecular weight excluding hydrogens is 245 g/mol. The maximum absolute atomic E-state index is 13.3. The Morgan fingerprint density at radius 3 is 2.84 bits per heavy atom. The van der Waals surface area contributed by atoms with Gasteiger partial charge < -0.3 is 11.1 Å². The molecule has 0 radical (unpaired) electrons. The first-order chi connectivity index (χ1) is 9.13. The Labute approximate surface area is 111 Å². The monoisotopic (exact) mass is 263 g/mol. The Kier molecular flexibility index (Phi) is 3.14. The molecule has 1 heterocycles. The highest BCUT2D eigenvalue weighted by Gasteiger charge is 2.34. The van der Waals surface area contributed by atoms with Crippen molar-refractivity contribution in [3.63, 3.8) is 0 Å². The number of likely N-dealkylation sites (tertiary alicyclic amines) is 1. The lowest BCUT2D eigenvalue weighted by Gasteiger charge is -2.15. The van der Waals surface area contributed by atoms with Crippen LogP contribution in [0.4, 0.5) is 10.1 Å².